The number of carbonyl (C=O) groups excluding carboxylic acids is 3. The van der Waals surface area contributed by atoms with Crippen LogP contribution in [0.1, 0.15) is 36.7 Å². The lowest BCUT2D eigenvalue weighted by molar-refractivity contribution is -0.119. The van der Waals surface area contributed by atoms with E-state index >= 15 is 0 Å². The molecule has 2 atom stereocenters. The Bertz CT molecular complexity index is 1050. The number of hydrogen-bond donors (Lipinski definition) is 1. The molecule has 0 spiro atoms. The highest BCUT2D eigenvalue weighted by Crippen LogP contribution is 2.52. The second-order valence-corrected chi connectivity index (χ2v) is 8.71. The molecule has 158 valence electrons. The number of rotatable bonds is 5. The Labute approximate surface area is 180 Å². The van der Waals surface area contributed by atoms with Gasteiger partial charge in [0.15, 0.2) is 16.6 Å². The van der Waals surface area contributed by atoms with Crippen LogP contribution >= 0.6 is 23.1 Å². The molecule has 4 rings (SSSR count). The van der Waals surface area contributed by atoms with E-state index in [9.17, 15) is 14.4 Å². The molecule has 2 aliphatic heterocycles. The third kappa shape index (κ3) is 3.08. The first-order chi connectivity index (χ1) is 14.4. The van der Waals surface area contributed by atoms with Crippen LogP contribution < -0.4 is 14.8 Å². The van der Waals surface area contributed by atoms with Crippen LogP contribution in [0.2, 0.25) is 0 Å². The molecule has 9 nitrogen and oxygen atoms in total. The molecule has 1 aromatic heterocycles. The Balaban J connectivity index is 1.59. The number of aromatic nitrogens is 1. The molecule has 0 saturated carbocycles. The molecular formula is C19H19N3O6S2. The fraction of sp³-hybridized carbons (Fsp3) is 0.368. The van der Waals surface area contributed by atoms with E-state index in [0.29, 0.717) is 33.4 Å². The van der Waals surface area contributed by atoms with Gasteiger partial charge in [-0.05, 0) is 13.0 Å². The summed E-state index contributed by atoms with van der Waals surface area (Å²) < 4.78 is 15.4. The first kappa shape index (κ1) is 20.5. The van der Waals surface area contributed by atoms with Crippen LogP contribution in [-0.2, 0) is 9.53 Å². The van der Waals surface area contributed by atoms with Gasteiger partial charge in [0.25, 0.3) is 5.91 Å². The number of anilines is 1. The van der Waals surface area contributed by atoms with Crippen molar-refractivity contribution in [3.05, 3.63) is 33.8 Å². The number of benzene rings is 1. The van der Waals surface area contributed by atoms with Crippen LogP contribution in [0.15, 0.2) is 12.1 Å². The van der Waals surface area contributed by atoms with E-state index in [1.165, 1.54) is 33.1 Å². The number of methoxy groups -OCH3 is 3. The van der Waals surface area contributed by atoms with E-state index in [1.807, 2.05) is 6.07 Å². The minimum absolute atomic E-state index is 0.272. The maximum atomic E-state index is 13.2. The number of esters is 1. The van der Waals surface area contributed by atoms with Gasteiger partial charge in [-0.2, -0.15) is 0 Å². The van der Waals surface area contributed by atoms with Gasteiger partial charge in [-0.25, -0.2) is 9.78 Å². The van der Waals surface area contributed by atoms with Crippen molar-refractivity contribution in [2.45, 2.75) is 18.3 Å². The Hall–Kier alpha value is -2.79. The molecule has 11 heteroatoms. The lowest BCUT2D eigenvalue weighted by atomic mass is 10.1. The van der Waals surface area contributed by atoms with E-state index in [0.717, 1.165) is 16.9 Å². The summed E-state index contributed by atoms with van der Waals surface area (Å²) in [6, 6.07) is 2.91. The molecule has 1 N–H and O–H groups in total. The number of thioether (sulfide) groups is 1. The van der Waals surface area contributed by atoms with Gasteiger partial charge in [-0.3, -0.25) is 9.59 Å². The summed E-state index contributed by atoms with van der Waals surface area (Å²) in [5.74, 6) is 0.138. The number of amides is 2. The van der Waals surface area contributed by atoms with Crippen LogP contribution in [-0.4, -0.2) is 60.8 Å². The molecule has 0 unspecified atom stereocenters. The molecule has 2 aromatic rings. The van der Waals surface area contributed by atoms with Crippen LogP contribution in [0, 0.1) is 6.92 Å². The van der Waals surface area contributed by atoms with Crippen LogP contribution in [0.4, 0.5) is 5.13 Å². The number of aryl methyl sites for hydroxylation is 1. The second kappa shape index (κ2) is 7.80. The van der Waals surface area contributed by atoms with Crippen molar-refractivity contribution in [1.82, 2.24) is 9.88 Å². The number of thiazole rings is 1. The van der Waals surface area contributed by atoms with E-state index in [2.05, 4.69) is 10.3 Å². The van der Waals surface area contributed by atoms with Crippen LogP contribution in [0.5, 0.6) is 11.5 Å². The van der Waals surface area contributed by atoms with E-state index < -0.39 is 12.0 Å². The quantitative estimate of drug-likeness (QED) is 0.694. The van der Waals surface area contributed by atoms with Crippen molar-refractivity contribution in [3.8, 4) is 11.5 Å². The highest BCUT2D eigenvalue weighted by molar-refractivity contribution is 7.99. The minimum atomic E-state index is -0.679. The first-order valence-electron chi connectivity index (χ1n) is 8.97. The summed E-state index contributed by atoms with van der Waals surface area (Å²) in [6.07, 6.45) is 0. The maximum absolute atomic E-state index is 13.2. The zero-order valence-corrected chi connectivity index (χ0v) is 18.3. The highest BCUT2D eigenvalue weighted by atomic mass is 32.2. The number of fused-ring (bicyclic) bond motifs is 3. The molecule has 2 aliphatic rings. The predicted molar refractivity (Wildman–Crippen MR) is 112 cm³/mol. The fourth-order valence-corrected chi connectivity index (χ4v) is 5.96. The zero-order chi connectivity index (χ0) is 21.6. The maximum Gasteiger partial charge on any atom is 0.350 e. The van der Waals surface area contributed by atoms with Gasteiger partial charge in [0.05, 0.1) is 32.6 Å². The Morgan fingerprint density at radius 3 is 2.67 bits per heavy atom. The SMILES string of the molecule is COC(=O)c1sc(NC(=O)[C@H]2CS[C@@H]3c4ccc(OC)c(OC)c4C(=O)N23)nc1C. The van der Waals surface area contributed by atoms with Crippen molar-refractivity contribution in [2.24, 2.45) is 0 Å². The van der Waals surface area contributed by atoms with Crippen LogP contribution in [0.3, 0.4) is 0 Å². The van der Waals surface area contributed by atoms with Crippen LogP contribution in [0.25, 0.3) is 0 Å². The van der Waals surface area contributed by atoms with Gasteiger partial charge in [0, 0.05) is 11.3 Å². The second-order valence-electron chi connectivity index (χ2n) is 6.59. The van der Waals surface area contributed by atoms with E-state index in [1.54, 1.807) is 17.9 Å². The standard InChI is InChI=1S/C19H19N3O6S2/c1-8-14(18(25)28-4)30-19(20-8)21-15(23)10-7-29-17-9-5-6-11(26-2)13(27-3)12(9)16(24)22(10)17/h5-6,10,17H,7H2,1-4H3,(H,20,21,23)/t10-,17-/m1/s1. The fourth-order valence-electron chi connectivity index (χ4n) is 3.61. The molecular weight excluding hydrogens is 430 g/mol. The van der Waals surface area contributed by atoms with Crippen molar-refractivity contribution in [3.63, 3.8) is 0 Å². The lowest BCUT2D eigenvalue weighted by Crippen LogP contribution is -2.42. The lowest BCUT2D eigenvalue weighted by Gasteiger charge is -2.22. The number of nitrogens with one attached hydrogen (secondary N) is 1. The summed E-state index contributed by atoms with van der Waals surface area (Å²) in [6.45, 7) is 1.67. The third-order valence-electron chi connectivity index (χ3n) is 4.99. The molecule has 1 aromatic carbocycles. The number of hydrogen-bond acceptors (Lipinski definition) is 9. The smallest absolute Gasteiger partial charge is 0.350 e. The van der Waals surface area contributed by atoms with E-state index in [4.69, 9.17) is 14.2 Å². The summed E-state index contributed by atoms with van der Waals surface area (Å²) in [7, 11) is 4.28. The monoisotopic (exact) mass is 449 g/mol. The Kier molecular flexibility index (Phi) is 5.33. The predicted octanol–water partition coefficient (Wildman–Crippen LogP) is 2.46. The van der Waals surface area contributed by atoms with Gasteiger partial charge in [0.1, 0.15) is 16.3 Å². The summed E-state index contributed by atoms with van der Waals surface area (Å²) in [5, 5.41) is 2.75. The van der Waals surface area contributed by atoms with Crippen molar-refractivity contribution in [2.75, 3.05) is 32.4 Å². The van der Waals surface area contributed by atoms with Crippen molar-refractivity contribution < 1.29 is 28.6 Å². The molecule has 1 fully saturated rings. The molecule has 0 bridgehead atoms. The van der Waals surface area contributed by atoms with Gasteiger partial charge in [-0.1, -0.05) is 17.4 Å². The topological polar surface area (TPSA) is 107 Å². The van der Waals surface area contributed by atoms with Gasteiger partial charge in [-0.15, -0.1) is 11.8 Å². The number of ether oxygens (including phenoxy) is 3. The van der Waals surface area contributed by atoms with Gasteiger partial charge >= 0.3 is 5.97 Å². The highest BCUT2D eigenvalue weighted by Gasteiger charge is 2.50. The minimum Gasteiger partial charge on any atom is -0.493 e. The molecule has 2 amide bonds. The Morgan fingerprint density at radius 2 is 2.00 bits per heavy atom. The normalized spacial score (nSPS) is 19.3. The number of nitrogens with zero attached hydrogens (tertiary/aromatic N) is 2. The average Bonchev–Trinajstić information content (AvgIpc) is 3.41. The van der Waals surface area contributed by atoms with Gasteiger partial charge < -0.3 is 24.4 Å². The van der Waals surface area contributed by atoms with Gasteiger partial charge in [0.2, 0.25) is 5.91 Å². The number of carbonyl (C=O) groups is 3. The average molecular weight is 450 g/mol. The largest absolute Gasteiger partial charge is 0.493 e. The molecule has 0 radical (unpaired) electrons. The van der Waals surface area contributed by atoms with Crippen molar-refractivity contribution in [1.29, 1.82) is 0 Å². The molecule has 3 heterocycles. The summed E-state index contributed by atoms with van der Waals surface area (Å²) in [5.41, 5.74) is 1.70. The first-order valence-corrected chi connectivity index (χ1v) is 10.8. The molecule has 1 saturated heterocycles. The third-order valence-corrected chi connectivity index (χ3v) is 7.35. The molecule has 30 heavy (non-hydrogen) atoms. The summed E-state index contributed by atoms with van der Waals surface area (Å²) >= 11 is 2.55. The zero-order valence-electron chi connectivity index (χ0n) is 16.7. The molecule has 0 aliphatic carbocycles. The Morgan fingerprint density at radius 1 is 1.23 bits per heavy atom. The summed E-state index contributed by atoms with van der Waals surface area (Å²) in [4.78, 5) is 44.1. The van der Waals surface area contributed by atoms with Crippen molar-refractivity contribution >= 4 is 46.0 Å². The van der Waals surface area contributed by atoms with E-state index in [-0.39, 0.29) is 22.3 Å².